The number of phenolic OH excluding ortho intramolecular Hbond substituents is 1. The second kappa shape index (κ2) is 4.67. The Hall–Kier alpha value is -2.02. The first-order valence-corrected chi connectivity index (χ1v) is 5.33. The molecule has 0 aliphatic heterocycles. The van der Waals surface area contributed by atoms with E-state index >= 15 is 0 Å². The van der Waals surface area contributed by atoms with Gasteiger partial charge in [0.2, 0.25) is 0 Å². The van der Waals surface area contributed by atoms with Crippen LogP contribution in [0, 0.1) is 0 Å². The number of rotatable bonds is 2. The Kier molecular flexibility index (Phi) is 3.06. The molecule has 16 heavy (non-hydrogen) atoms. The highest BCUT2D eigenvalue weighted by Crippen LogP contribution is 2.29. The zero-order chi connectivity index (χ0) is 11.4. The molecule has 0 aromatic heterocycles. The van der Waals surface area contributed by atoms with Gasteiger partial charge >= 0.3 is 0 Å². The molecule has 2 rings (SSSR count). The van der Waals surface area contributed by atoms with Crippen molar-refractivity contribution in [2.24, 2.45) is 0 Å². The molecule has 0 saturated carbocycles. The number of hydrogen-bond donors (Lipinski definition) is 1. The molecule has 1 N–H and O–H groups in total. The van der Waals surface area contributed by atoms with Crippen molar-refractivity contribution in [3.8, 4) is 5.75 Å². The Balaban J connectivity index is 2.51. The molecule has 0 aliphatic rings. The van der Waals surface area contributed by atoms with Crippen molar-refractivity contribution >= 4 is 5.57 Å². The minimum absolute atomic E-state index is 0.319. The molecule has 0 radical (unpaired) electrons. The fourth-order valence-electron chi connectivity index (χ4n) is 1.80. The first kappa shape index (κ1) is 10.5. The third-order valence-corrected chi connectivity index (χ3v) is 2.57. The summed E-state index contributed by atoms with van der Waals surface area (Å²) in [5.41, 5.74) is 3.04. The Morgan fingerprint density at radius 2 is 1.56 bits per heavy atom. The third-order valence-electron chi connectivity index (χ3n) is 2.57. The summed E-state index contributed by atoms with van der Waals surface area (Å²) in [5, 5.41) is 9.83. The predicted octanol–water partition coefficient (Wildman–Crippen LogP) is 3.84. The molecular formula is C15H14O. The molecule has 0 bridgehead atoms. The topological polar surface area (TPSA) is 20.2 Å². The second-order valence-electron chi connectivity index (χ2n) is 3.59. The highest BCUT2D eigenvalue weighted by Gasteiger charge is 2.06. The lowest BCUT2D eigenvalue weighted by molar-refractivity contribution is 0.473. The van der Waals surface area contributed by atoms with Crippen LogP contribution >= 0.6 is 0 Å². The van der Waals surface area contributed by atoms with Crippen LogP contribution in [0.15, 0.2) is 60.7 Å². The molecule has 0 fully saturated rings. The number of phenols is 1. The Bertz CT molecular complexity index is 498. The molecule has 0 heterocycles. The summed E-state index contributed by atoms with van der Waals surface area (Å²) in [4.78, 5) is 0. The molecule has 2 aromatic carbocycles. The molecule has 1 nitrogen and oxygen atoms in total. The minimum atomic E-state index is 0.319. The molecule has 1 heteroatoms. The van der Waals surface area contributed by atoms with E-state index in [2.05, 4.69) is 0 Å². The Morgan fingerprint density at radius 3 is 2.19 bits per heavy atom. The summed E-state index contributed by atoms with van der Waals surface area (Å²) >= 11 is 0. The summed E-state index contributed by atoms with van der Waals surface area (Å²) in [6.45, 7) is 1.98. The van der Waals surface area contributed by atoms with E-state index in [1.807, 2.05) is 61.5 Å². The molecule has 0 amide bonds. The maximum Gasteiger partial charge on any atom is 0.123 e. The molecule has 80 valence electrons. The van der Waals surface area contributed by atoms with Crippen molar-refractivity contribution in [3.63, 3.8) is 0 Å². The van der Waals surface area contributed by atoms with Crippen molar-refractivity contribution in [1.29, 1.82) is 0 Å². The van der Waals surface area contributed by atoms with E-state index in [1.54, 1.807) is 6.07 Å². The van der Waals surface area contributed by atoms with Gasteiger partial charge in [-0.05, 0) is 24.1 Å². The van der Waals surface area contributed by atoms with E-state index in [0.717, 1.165) is 16.7 Å². The standard InChI is InChI=1S/C15H14O/c1-2-13(12-8-4-3-5-9-12)14-10-6-7-11-15(14)16/h2-11,16H,1H3/b13-2+. The van der Waals surface area contributed by atoms with Gasteiger partial charge in [0, 0.05) is 5.56 Å². The lowest BCUT2D eigenvalue weighted by Gasteiger charge is -2.09. The third kappa shape index (κ3) is 1.98. The minimum Gasteiger partial charge on any atom is -0.507 e. The van der Waals surface area contributed by atoms with Crippen molar-refractivity contribution < 1.29 is 5.11 Å². The second-order valence-corrected chi connectivity index (χ2v) is 3.59. The van der Waals surface area contributed by atoms with Crippen LogP contribution in [0.25, 0.3) is 5.57 Å². The average Bonchev–Trinajstić information content (AvgIpc) is 2.34. The van der Waals surface area contributed by atoms with Crippen LogP contribution in [-0.4, -0.2) is 5.11 Å². The number of benzene rings is 2. The van der Waals surface area contributed by atoms with E-state index in [1.165, 1.54) is 0 Å². The van der Waals surface area contributed by atoms with E-state index in [4.69, 9.17) is 0 Å². The summed E-state index contributed by atoms with van der Waals surface area (Å²) in [6, 6.07) is 17.5. The fourth-order valence-corrected chi connectivity index (χ4v) is 1.80. The van der Waals surface area contributed by atoms with Crippen molar-refractivity contribution in [1.82, 2.24) is 0 Å². The van der Waals surface area contributed by atoms with Gasteiger partial charge in [0.25, 0.3) is 0 Å². The molecule has 0 unspecified atom stereocenters. The predicted molar refractivity (Wildman–Crippen MR) is 67.3 cm³/mol. The van der Waals surface area contributed by atoms with Gasteiger partial charge in [0.1, 0.15) is 5.75 Å². The quantitative estimate of drug-likeness (QED) is 0.798. The molecule has 0 atom stereocenters. The average molecular weight is 210 g/mol. The number of allylic oxidation sites excluding steroid dienone is 1. The number of para-hydroxylation sites is 1. The highest BCUT2D eigenvalue weighted by atomic mass is 16.3. The van der Waals surface area contributed by atoms with Gasteiger partial charge in [-0.1, -0.05) is 54.6 Å². The lowest BCUT2D eigenvalue weighted by atomic mass is 9.97. The van der Waals surface area contributed by atoms with Gasteiger partial charge in [-0.25, -0.2) is 0 Å². The maximum absolute atomic E-state index is 9.83. The summed E-state index contributed by atoms with van der Waals surface area (Å²) in [7, 11) is 0. The van der Waals surface area contributed by atoms with Crippen LogP contribution in [0.1, 0.15) is 18.1 Å². The van der Waals surface area contributed by atoms with Gasteiger partial charge in [-0.2, -0.15) is 0 Å². The lowest BCUT2D eigenvalue weighted by Crippen LogP contribution is -1.87. The van der Waals surface area contributed by atoms with Crippen LogP contribution in [-0.2, 0) is 0 Å². The van der Waals surface area contributed by atoms with Crippen LogP contribution in [0.4, 0.5) is 0 Å². The maximum atomic E-state index is 9.83. The Morgan fingerprint density at radius 1 is 0.938 bits per heavy atom. The monoisotopic (exact) mass is 210 g/mol. The summed E-state index contributed by atoms with van der Waals surface area (Å²) < 4.78 is 0. The van der Waals surface area contributed by atoms with Gasteiger partial charge in [0.15, 0.2) is 0 Å². The Labute approximate surface area is 95.7 Å². The van der Waals surface area contributed by atoms with Crippen molar-refractivity contribution in [3.05, 3.63) is 71.8 Å². The SMILES string of the molecule is C/C=C(\c1ccccc1)c1ccccc1O. The molecule has 2 aromatic rings. The smallest absolute Gasteiger partial charge is 0.123 e. The molecule has 0 spiro atoms. The van der Waals surface area contributed by atoms with E-state index in [0.29, 0.717) is 5.75 Å². The van der Waals surface area contributed by atoms with Crippen LogP contribution in [0.3, 0.4) is 0 Å². The van der Waals surface area contributed by atoms with Gasteiger partial charge in [0.05, 0.1) is 0 Å². The van der Waals surface area contributed by atoms with Gasteiger partial charge in [-0.15, -0.1) is 0 Å². The zero-order valence-electron chi connectivity index (χ0n) is 9.22. The zero-order valence-corrected chi connectivity index (χ0v) is 9.22. The van der Waals surface area contributed by atoms with Crippen LogP contribution in [0.2, 0.25) is 0 Å². The van der Waals surface area contributed by atoms with Crippen molar-refractivity contribution in [2.45, 2.75) is 6.92 Å². The summed E-state index contributed by atoms with van der Waals surface area (Å²) in [6.07, 6.45) is 2.02. The van der Waals surface area contributed by atoms with E-state index in [9.17, 15) is 5.11 Å². The fraction of sp³-hybridized carbons (Fsp3) is 0.0667. The largest absolute Gasteiger partial charge is 0.507 e. The van der Waals surface area contributed by atoms with E-state index in [-0.39, 0.29) is 0 Å². The normalized spacial score (nSPS) is 11.4. The van der Waals surface area contributed by atoms with Gasteiger partial charge < -0.3 is 5.11 Å². The first-order chi connectivity index (χ1) is 7.83. The number of aromatic hydroxyl groups is 1. The molecule has 0 saturated heterocycles. The molecule has 0 aliphatic carbocycles. The highest BCUT2D eigenvalue weighted by molar-refractivity contribution is 5.82. The first-order valence-electron chi connectivity index (χ1n) is 5.33. The van der Waals surface area contributed by atoms with Crippen LogP contribution < -0.4 is 0 Å². The van der Waals surface area contributed by atoms with Crippen molar-refractivity contribution in [2.75, 3.05) is 0 Å². The van der Waals surface area contributed by atoms with Crippen LogP contribution in [0.5, 0.6) is 5.75 Å². The van der Waals surface area contributed by atoms with E-state index < -0.39 is 0 Å². The summed E-state index contributed by atoms with van der Waals surface area (Å²) in [5.74, 6) is 0.319. The molecular weight excluding hydrogens is 196 g/mol. The van der Waals surface area contributed by atoms with Gasteiger partial charge in [-0.3, -0.25) is 0 Å². The number of hydrogen-bond acceptors (Lipinski definition) is 1.